The number of hydrogen-bond acceptors (Lipinski definition) is 6. The van der Waals surface area contributed by atoms with E-state index < -0.39 is 0 Å². The van der Waals surface area contributed by atoms with Gasteiger partial charge in [-0.05, 0) is 54.9 Å². The Labute approximate surface area is 194 Å². The number of nitrogens with one attached hydrogen (secondary N) is 1. The van der Waals surface area contributed by atoms with E-state index in [0.29, 0.717) is 0 Å². The Hall–Kier alpha value is -3.55. The van der Waals surface area contributed by atoms with Crippen molar-refractivity contribution in [3.63, 3.8) is 0 Å². The van der Waals surface area contributed by atoms with E-state index >= 15 is 0 Å². The van der Waals surface area contributed by atoms with Gasteiger partial charge in [0.2, 0.25) is 5.95 Å². The van der Waals surface area contributed by atoms with Crippen LogP contribution >= 0.6 is 0 Å². The van der Waals surface area contributed by atoms with Crippen molar-refractivity contribution in [1.29, 1.82) is 0 Å². The topological polar surface area (TPSA) is 87.0 Å². The number of nitrogen functional groups attached to an aromatic ring is 1. The molecule has 3 heterocycles. The lowest BCUT2D eigenvalue weighted by atomic mass is 10.0. The zero-order chi connectivity index (χ0) is 22.8. The van der Waals surface area contributed by atoms with E-state index in [1.165, 1.54) is 16.7 Å². The number of nitrogens with zero attached hydrogens (tertiary/aromatic N) is 5. The number of aromatic nitrogens is 4. The number of nitrogens with two attached hydrogens (primary N) is 1. The van der Waals surface area contributed by atoms with E-state index in [4.69, 9.17) is 5.73 Å². The third kappa shape index (κ3) is 4.79. The second-order valence-electron chi connectivity index (χ2n) is 8.77. The van der Waals surface area contributed by atoms with E-state index in [1.807, 2.05) is 18.2 Å². The molecule has 3 N–H and O–H groups in total. The maximum absolute atomic E-state index is 5.72. The second kappa shape index (κ2) is 9.13. The summed E-state index contributed by atoms with van der Waals surface area (Å²) in [5, 5.41) is 8.71. The van der Waals surface area contributed by atoms with E-state index in [1.54, 1.807) is 6.20 Å². The third-order valence-corrected chi connectivity index (χ3v) is 6.35. The first kappa shape index (κ1) is 21.3. The lowest BCUT2D eigenvalue weighted by Gasteiger charge is -2.32. The summed E-state index contributed by atoms with van der Waals surface area (Å²) in [6, 6.07) is 14.7. The number of aryl methyl sites for hydroxylation is 1. The van der Waals surface area contributed by atoms with Crippen molar-refractivity contribution in [1.82, 2.24) is 30.0 Å². The first-order chi connectivity index (χ1) is 16.0. The quantitative estimate of drug-likeness (QED) is 0.492. The molecule has 7 heteroatoms. The van der Waals surface area contributed by atoms with Gasteiger partial charge in [0.05, 0.1) is 16.9 Å². The van der Waals surface area contributed by atoms with Gasteiger partial charge in [0.25, 0.3) is 0 Å². The smallest absolute Gasteiger partial charge is 0.220 e. The summed E-state index contributed by atoms with van der Waals surface area (Å²) in [7, 11) is 2.19. The number of rotatable bonds is 5. The van der Waals surface area contributed by atoms with Gasteiger partial charge < -0.3 is 10.6 Å². The minimum absolute atomic E-state index is 0.269. The highest BCUT2D eigenvalue weighted by Gasteiger charge is 2.14. The van der Waals surface area contributed by atoms with Crippen molar-refractivity contribution in [2.24, 2.45) is 0 Å². The molecule has 1 aliphatic heterocycles. The lowest BCUT2D eigenvalue weighted by molar-refractivity contribution is 0.148. The fraction of sp³-hybridized carbons (Fsp3) is 0.269. The number of H-pyrrole nitrogens is 1. The highest BCUT2D eigenvalue weighted by molar-refractivity contribution is 5.91. The summed E-state index contributed by atoms with van der Waals surface area (Å²) in [4.78, 5) is 13.2. The van der Waals surface area contributed by atoms with Crippen LogP contribution in [-0.4, -0.2) is 63.2 Å². The summed E-state index contributed by atoms with van der Waals surface area (Å²) < 4.78 is 0. The molecule has 33 heavy (non-hydrogen) atoms. The molecular formula is C26H29N7. The van der Waals surface area contributed by atoms with Gasteiger partial charge in [0.1, 0.15) is 0 Å². The standard InChI is InChI=1S/C26H29N7/c1-18-15-19(3-5-21(18)17-33-13-11-32(2)12-14-33)4-8-24-22-7-6-20(16-25(22)31-30-24)23-9-10-28-26(27)29-23/h3-10,15-16H,11-14,17H2,1-2H3,(H,30,31)(H2,27,28,29). The molecule has 168 valence electrons. The first-order valence-corrected chi connectivity index (χ1v) is 11.3. The van der Waals surface area contributed by atoms with Crippen molar-refractivity contribution >= 4 is 29.0 Å². The minimum atomic E-state index is 0.269. The van der Waals surface area contributed by atoms with E-state index in [0.717, 1.165) is 60.6 Å². The number of piperazine rings is 1. The van der Waals surface area contributed by atoms with E-state index in [9.17, 15) is 0 Å². The molecule has 1 fully saturated rings. The van der Waals surface area contributed by atoms with Crippen LogP contribution in [0.5, 0.6) is 0 Å². The molecule has 0 unspecified atom stereocenters. The minimum Gasteiger partial charge on any atom is -0.368 e. The normalized spacial score (nSPS) is 15.6. The van der Waals surface area contributed by atoms with Crippen LogP contribution in [0.4, 0.5) is 5.95 Å². The average molecular weight is 440 g/mol. The molecule has 2 aromatic heterocycles. The van der Waals surface area contributed by atoms with Crippen molar-refractivity contribution in [3.05, 3.63) is 71.0 Å². The van der Waals surface area contributed by atoms with Gasteiger partial charge in [-0.25, -0.2) is 9.97 Å². The van der Waals surface area contributed by atoms with Gasteiger partial charge in [-0.3, -0.25) is 10.00 Å². The molecule has 0 bridgehead atoms. The molecule has 1 saturated heterocycles. The molecule has 5 rings (SSSR count). The molecule has 7 nitrogen and oxygen atoms in total. The van der Waals surface area contributed by atoms with Crippen LogP contribution in [0.2, 0.25) is 0 Å². The predicted octanol–water partition coefficient (Wildman–Crippen LogP) is 3.83. The number of anilines is 1. The summed E-state index contributed by atoms with van der Waals surface area (Å²) >= 11 is 0. The van der Waals surface area contributed by atoms with Gasteiger partial charge in [0, 0.05) is 49.9 Å². The summed E-state index contributed by atoms with van der Waals surface area (Å²) in [5.74, 6) is 0.269. The summed E-state index contributed by atoms with van der Waals surface area (Å²) in [5.41, 5.74) is 13.3. The second-order valence-corrected chi connectivity index (χ2v) is 8.77. The van der Waals surface area contributed by atoms with Gasteiger partial charge in [-0.15, -0.1) is 0 Å². The molecule has 0 atom stereocenters. The number of fused-ring (bicyclic) bond motifs is 1. The van der Waals surface area contributed by atoms with Gasteiger partial charge in [-0.2, -0.15) is 5.10 Å². The monoisotopic (exact) mass is 439 g/mol. The molecular weight excluding hydrogens is 410 g/mol. The van der Waals surface area contributed by atoms with Crippen molar-refractivity contribution in [2.75, 3.05) is 39.0 Å². The molecule has 0 spiro atoms. The van der Waals surface area contributed by atoms with Crippen LogP contribution in [0.25, 0.3) is 34.3 Å². The van der Waals surface area contributed by atoms with Crippen molar-refractivity contribution < 1.29 is 0 Å². The maximum Gasteiger partial charge on any atom is 0.220 e. The molecule has 1 aliphatic rings. The van der Waals surface area contributed by atoms with Crippen LogP contribution in [0.3, 0.4) is 0 Å². The fourth-order valence-electron chi connectivity index (χ4n) is 4.28. The Balaban J connectivity index is 1.31. The molecule has 0 saturated carbocycles. The van der Waals surface area contributed by atoms with Gasteiger partial charge >= 0.3 is 0 Å². The maximum atomic E-state index is 5.72. The van der Waals surface area contributed by atoms with Crippen LogP contribution in [0, 0.1) is 6.92 Å². The van der Waals surface area contributed by atoms with E-state index in [-0.39, 0.29) is 5.95 Å². The molecule has 0 aliphatic carbocycles. The third-order valence-electron chi connectivity index (χ3n) is 6.35. The molecule has 4 aromatic rings. The van der Waals surface area contributed by atoms with Crippen LogP contribution in [0.1, 0.15) is 22.4 Å². The molecule has 2 aromatic carbocycles. The lowest BCUT2D eigenvalue weighted by Crippen LogP contribution is -2.43. The molecule has 0 radical (unpaired) electrons. The number of aromatic amines is 1. The van der Waals surface area contributed by atoms with Crippen molar-refractivity contribution in [2.45, 2.75) is 13.5 Å². The highest BCUT2D eigenvalue weighted by atomic mass is 15.2. The zero-order valence-electron chi connectivity index (χ0n) is 19.1. The summed E-state index contributed by atoms with van der Waals surface area (Å²) in [6.07, 6.45) is 5.86. The Morgan fingerprint density at radius 3 is 2.67 bits per heavy atom. The van der Waals surface area contributed by atoms with Gasteiger partial charge in [0.15, 0.2) is 0 Å². The zero-order valence-corrected chi connectivity index (χ0v) is 19.1. The average Bonchev–Trinajstić information content (AvgIpc) is 3.23. The van der Waals surface area contributed by atoms with Gasteiger partial charge in [-0.1, -0.05) is 30.3 Å². The number of likely N-dealkylation sites (N-methyl/N-ethyl adjacent to an activating group) is 1. The Morgan fingerprint density at radius 1 is 1.03 bits per heavy atom. The first-order valence-electron chi connectivity index (χ1n) is 11.3. The number of hydrogen-bond donors (Lipinski definition) is 2. The summed E-state index contributed by atoms with van der Waals surface area (Å²) in [6.45, 7) is 7.78. The fourth-order valence-corrected chi connectivity index (χ4v) is 4.28. The Kier molecular flexibility index (Phi) is 5.90. The van der Waals surface area contributed by atoms with Crippen molar-refractivity contribution in [3.8, 4) is 11.3 Å². The number of benzene rings is 2. The van der Waals surface area contributed by atoms with Crippen LogP contribution in [0.15, 0.2) is 48.7 Å². The molecule has 0 amide bonds. The highest BCUT2D eigenvalue weighted by Crippen LogP contribution is 2.25. The Morgan fingerprint density at radius 2 is 1.88 bits per heavy atom. The van der Waals surface area contributed by atoms with Crippen LogP contribution in [-0.2, 0) is 6.54 Å². The SMILES string of the molecule is Cc1cc(C=Cc2n[nH]c3cc(-c4ccnc(N)n4)ccc23)ccc1CN1CCN(C)CC1. The van der Waals surface area contributed by atoms with Crippen LogP contribution < -0.4 is 5.73 Å². The predicted molar refractivity (Wildman–Crippen MR) is 134 cm³/mol. The van der Waals surface area contributed by atoms with E-state index in [2.05, 4.69) is 80.4 Å². The largest absolute Gasteiger partial charge is 0.368 e. The Bertz CT molecular complexity index is 1300.